The van der Waals surface area contributed by atoms with Gasteiger partial charge < -0.3 is 0 Å². The fraction of sp³-hybridized carbons (Fsp3) is 0. The first kappa shape index (κ1) is 9.34. The minimum atomic E-state index is -1.71. The van der Waals surface area contributed by atoms with Crippen LogP contribution < -0.4 is 0 Å². The van der Waals surface area contributed by atoms with E-state index in [9.17, 15) is 17.6 Å². The van der Waals surface area contributed by atoms with Gasteiger partial charge in [-0.05, 0) is 5.53 Å². The molecule has 0 fully saturated rings. The Morgan fingerprint density at radius 2 is 1.54 bits per heavy atom. The van der Waals surface area contributed by atoms with Crippen molar-refractivity contribution in [1.29, 1.82) is 0 Å². The largest absolute Gasteiger partial charge is 0.204 e. The van der Waals surface area contributed by atoms with Crippen molar-refractivity contribution in [3.63, 3.8) is 0 Å². The third-order valence-corrected chi connectivity index (χ3v) is 1.23. The third kappa shape index (κ3) is 1.54. The Hall–Kier alpha value is -1.75. The van der Waals surface area contributed by atoms with Gasteiger partial charge in [-0.3, -0.25) is 0 Å². The van der Waals surface area contributed by atoms with Crippen LogP contribution in [0.4, 0.5) is 23.2 Å². The second-order valence-electron chi connectivity index (χ2n) is 2.01. The molecule has 1 aromatic carbocycles. The zero-order chi connectivity index (χ0) is 10.0. The van der Waals surface area contributed by atoms with Crippen molar-refractivity contribution in [3.05, 3.63) is 39.8 Å². The summed E-state index contributed by atoms with van der Waals surface area (Å²) in [6, 6.07) is 0.0288. The topological polar surface area (TPSA) is 48.8 Å². The summed E-state index contributed by atoms with van der Waals surface area (Å²) in [6.07, 6.45) is 0. The number of azide groups is 1. The summed E-state index contributed by atoms with van der Waals surface area (Å²) in [4.78, 5) is 2.02. The van der Waals surface area contributed by atoms with Crippen LogP contribution in [0.5, 0.6) is 0 Å². The number of benzene rings is 1. The predicted molar refractivity (Wildman–Crippen MR) is 35.1 cm³/mol. The first-order chi connectivity index (χ1) is 6.07. The lowest BCUT2D eigenvalue weighted by molar-refractivity contribution is 0.457. The number of halogens is 4. The smallest absolute Gasteiger partial charge is 0.171 e. The van der Waals surface area contributed by atoms with Crippen LogP contribution in [0.2, 0.25) is 0 Å². The van der Waals surface area contributed by atoms with Gasteiger partial charge in [0.1, 0.15) is 5.69 Å². The summed E-state index contributed by atoms with van der Waals surface area (Å²) in [5.74, 6) is -6.64. The van der Waals surface area contributed by atoms with Gasteiger partial charge in [0, 0.05) is 11.0 Å². The molecule has 0 amide bonds. The van der Waals surface area contributed by atoms with Gasteiger partial charge >= 0.3 is 0 Å². The molecule has 3 nitrogen and oxygen atoms in total. The summed E-state index contributed by atoms with van der Waals surface area (Å²) in [7, 11) is 0. The average molecular weight is 191 g/mol. The Morgan fingerprint density at radius 3 is 1.92 bits per heavy atom. The van der Waals surface area contributed by atoms with E-state index < -0.39 is 29.0 Å². The normalized spacial score (nSPS) is 9.54. The van der Waals surface area contributed by atoms with Gasteiger partial charge in [0.05, 0.1) is 0 Å². The molecule has 0 aliphatic rings. The molecule has 0 aromatic heterocycles. The second-order valence-corrected chi connectivity index (χ2v) is 2.01. The van der Waals surface area contributed by atoms with Crippen LogP contribution in [-0.2, 0) is 0 Å². The molecule has 0 bridgehead atoms. The predicted octanol–water partition coefficient (Wildman–Crippen LogP) is 3.18. The van der Waals surface area contributed by atoms with Crippen LogP contribution in [0.3, 0.4) is 0 Å². The van der Waals surface area contributed by atoms with Gasteiger partial charge in [0.25, 0.3) is 0 Å². The number of hydrogen-bond donors (Lipinski definition) is 0. The molecular weight excluding hydrogens is 190 g/mol. The van der Waals surface area contributed by atoms with Crippen molar-refractivity contribution in [1.82, 2.24) is 0 Å². The van der Waals surface area contributed by atoms with E-state index in [2.05, 4.69) is 5.11 Å². The number of nitrogens with zero attached hydrogens (tertiary/aromatic N) is 3. The standard InChI is InChI=1S/C6HF4N3/c7-2-1-3(8)5(10)6(4(2)9)12-13-11/h1H. The molecular formula is C6HF4N3. The summed E-state index contributed by atoms with van der Waals surface area (Å²) >= 11 is 0. The van der Waals surface area contributed by atoms with Crippen molar-refractivity contribution in [2.45, 2.75) is 0 Å². The van der Waals surface area contributed by atoms with Crippen LogP contribution in [0.15, 0.2) is 11.2 Å². The molecule has 0 aliphatic carbocycles. The van der Waals surface area contributed by atoms with Gasteiger partial charge in [0.2, 0.25) is 0 Å². The maximum Gasteiger partial charge on any atom is 0.171 e. The Labute approximate surface area is 69.2 Å². The van der Waals surface area contributed by atoms with Crippen LogP contribution in [0.1, 0.15) is 0 Å². The summed E-state index contributed by atoms with van der Waals surface area (Å²) < 4.78 is 49.9. The van der Waals surface area contributed by atoms with Crippen LogP contribution in [0.25, 0.3) is 10.4 Å². The van der Waals surface area contributed by atoms with Crippen molar-refractivity contribution >= 4 is 5.69 Å². The fourth-order valence-electron chi connectivity index (χ4n) is 0.693. The molecule has 0 saturated carbocycles. The zero-order valence-corrected chi connectivity index (χ0v) is 5.93. The van der Waals surface area contributed by atoms with Crippen LogP contribution in [0, 0.1) is 23.3 Å². The third-order valence-electron chi connectivity index (χ3n) is 1.23. The number of hydrogen-bond acceptors (Lipinski definition) is 1. The van der Waals surface area contributed by atoms with E-state index in [4.69, 9.17) is 5.53 Å². The van der Waals surface area contributed by atoms with Gasteiger partial charge in [0.15, 0.2) is 23.3 Å². The van der Waals surface area contributed by atoms with E-state index in [0.29, 0.717) is 0 Å². The molecule has 0 radical (unpaired) electrons. The quantitative estimate of drug-likeness (QED) is 0.215. The first-order valence-corrected chi connectivity index (χ1v) is 2.96. The van der Waals surface area contributed by atoms with Gasteiger partial charge in [-0.1, -0.05) is 5.11 Å². The first-order valence-electron chi connectivity index (χ1n) is 2.96. The van der Waals surface area contributed by atoms with Crippen molar-refractivity contribution in [3.8, 4) is 0 Å². The van der Waals surface area contributed by atoms with Gasteiger partial charge in [-0.25, -0.2) is 17.6 Å². The van der Waals surface area contributed by atoms with E-state index in [0.717, 1.165) is 0 Å². The molecule has 7 heteroatoms. The van der Waals surface area contributed by atoms with Crippen LogP contribution >= 0.6 is 0 Å². The summed E-state index contributed by atoms with van der Waals surface area (Å²) in [5, 5.41) is 2.48. The Balaban J connectivity index is 3.55. The van der Waals surface area contributed by atoms with E-state index in [1.165, 1.54) is 0 Å². The monoisotopic (exact) mass is 191 g/mol. The lowest BCUT2D eigenvalue weighted by atomic mass is 10.3. The van der Waals surface area contributed by atoms with Crippen molar-refractivity contribution in [2.75, 3.05) is 0 Å². The Kier molecular flexibility index (Phi) is 2.39. The Bertz CT molecular complexity index is 371. The maximum atomic E-state index is 12.6. The summed E-state index contributed by atoms with van der Waals surface area (Å²) in [5.41, 5.74) is 6.52. The second kappa shape index (κ2) is 3.32. The highest BCUT2D eigenvalue weighted by atomic mass is 19.2. The molecule has 0 N–H and O–H groups in total. The lowest BCUT2D eigenvalue weighted by Crippen LogP contribution is -1.92. The van der Waals surface area contributed by atoms with E-state index in [1.54, 1.807) is 0 Å². The minimum Gasteiger partial charge on any atom is -0.204 e. The average Bonchev–Trinajstić information content (AvgIpc) is 2.09. The molecule has 0 aliphatic heterocycles. The lowest BCUT2D eigenvalue weighted by Gasteiger charge is -1.99. The fourth-order valence-corrected chi connectivity index (χ4v) is 0.693. The molecule has 1 aromatic rings. The Morgan fingerprint density at radius 1 is 1.08 bits per heavy atom. The van der Waals surface area contributed by atoms with Crippen LogP contribution in [-0.4, -0.2) is 0 Å². The van der Waals surface area contributed by atoms with E-state index in [-0.39, 0.29) is 6.07 Å². The maximum absolute atomic E-state index is 12.6. The molecule has 0 saturated heterocycles. The van der Waals surface area contributed by atoms with Crippen molar-refractivity contribution in [2.24, 2.45) is 5.11 Å². The zero-order valence-electron chi connectivity index (χ0n) is 5.93. The van der Waals surface area contributed by atoms with E-state index >= 15 is 0 Å². The molecule has 0 heterocycles. The highest BCUT2D eigenvalue weighted by Crippen LogP contribution is 2.26. The summed E-state index contributed by atoms with van der Waals surface area (Å²) in [6.45, 7) is 0. The van der Waals surface area contributed by atoms with Gasteiger partial charge in [-0.2, -0.15) is 0 Å². The van der Waals surface area contributed by atoms with Gasteiger partial charge in [-0.15, -0.1) is 0 Å². The SMILES string of the molecule is [N-]=[N+]=Nc1c(F)c(F)cc(F)c1F. The minimum absolute atomic E-state index is 0.0288. The molecule has 68 valence electrons. The van der Waals surface area contributed by atoms with Crippen molar-refractivity contribution < 1.29 is 17.6 Å². The molecule has 1 rings (SSSR count). The van der Waals surface area contributed by atoms with E-state index in [1.807, 2.05) is 4.91 Å². The molecule has 0 atom stereocenters. The highest BCUT2D eigenvalue weighted by Gasteiger charge is 2.17. The number of rotatable bonds is 1. The molecule has 0 unspecified atom stereocenters. The molecule has 13 heavy (non-hydrogen) atoms. The highest BCUT2D eigenvalue weighted by molar-refractivity contribution is 5.41. The molecule has 0 spiro atoms.